The summed E-state index contributed by atoms with van der Waals surface area (Å²) < 4.78 is 6.74. The molecule has 1 heterocycles. The number of hydrogen-bond acceptors (Lipinski definition) is 1. The second kappa shape index (κ2) is 4.91. The maximum atomic E-state index is 6.74. The number of ether oxygens (including phenoxy) is 1. The van der Waals surface area contributed by atoms with Crippen LogP contribution in [0.2, 0.25) is 0 Å². The average molecular weight is 262 g/mol. The van der Waals surface area contributed by atoms with Gasteiger partial charge in [-0.2, -0.15) is 0 Å². The van der Waals surface area contributed by atoms with Gasteiger partial charge < -0.3 is 4.74 Å². The third-order valence-corrected chi connectivity index (χ3v) is 6.00. The molecule has 1 unspecified atom stereocenters. The third-order valence-electron chi connectivity index (χ3n) is 6.00. The second-order valence-electron chi connectivity index (χ2n) is 7.53. The van der Waals surface area contributed by atoms with E-state index in [0.29, 0.717) is 0 Å². The molecule has 0 radical (unpaired) electrons. The lowest BCUT2D eigenvalue weighted by atomic mass is 9.63. The Bertz CT molecular complexity index is 368. The molecular weight excluding hydrogens is 232 g/mol. The highest BCUT2D eigenvalue weighted by molar-refractivity contribution is 5.28. The summed E-state index contributed by atoms with van der Waals surface area (Å²) in [7, 11) is 0. The van der Waals surface area contributed by atoms with Crippen LogP contribution in [0, 0.1) is 11.8 Å². The number of fused-ring (bicyclic) bond motifs is 1. The molecule has 0 aromatic heterocycles. The topological polar surface area (TPSA) is 9.23 Å². The third kappa shape index (κ3) is 2.18. The zero-order chi connectivity index (χ0) is 13.5. The van der Waals surface area contributed by atoms with Crippen LogP contribution in [0.5, 0.6) is 0 Å². The van der Waals surface area contributed by atoms with Crippen molar-refractivity contribution in [2.24, 2.45) is 11.8 Å². The van der Waals surface area contributed by atoms with E-state index in [1.54, 1.807) is 5.57 Å². The molecule has 0 amide bonds. The van der Waals surface area contributed by atoms with Crippen molar-refractivity contribution in [1.29, 1.82) is 0 Å². The van der Waals surface area contributed by atoms with Gasteiger partial charge in [-0.15, -0.1) is 0 Å². The number of rotatable bonds is 4. The first-order chi connectivity index (χ1) is 9.08. The molecule has 3 aliphatic rings. The minimum absolute atomic E-state index is 0.107. The van der Waals surface area contributed by atoms with E-state index >= 15 is 0 Å². The molecule has 0 aromatic rings. The van der Waals surface area contributed by atoms with E-state index in [-0.39, 0.29) is 11.2 Å². The SMILES string of the molecule is CCCCCC1=CCCC2CC[C@@H]3C[C@]12OC3(C)C. The highest BCUT2D eigenvalue weighted by Crippen LogP contribution is 2.59. The number of hydrogen-bond donors (Lipinski definition) is 0. The minimum Gasteiger partial charge on any atom is -0.364 e. The van der Waals surface area contributed by atoms with Gasteiger partial charge in [-0.1, -0.05) is 25.8 Å². The maximum absolute atomic E-state index is 6.74. The van der Waals surface area contributed by atoms with Gasteiger partial charge in [0.2, 0.25) is 0 Å². The summed E-state index contributed by atoms with van der Waals surface area (Å²) in [4.78, 5) is 0. The zero-order valence-corrected chi connectivity index (χ0v) is 13.0. The molecule has 0 N–H and O–H groups in total. The Morgan fingerprint density at radius 3 is 2.74 bits per heavy atom. The highest BCUT2D eigenvalue weighted by Gasteiger charge is 2.59. The monoisotopic (exact) mass is 262 g/mol. The Labute approximate surface area is 118 Å². The van der Waals surface area contributed by atoms with Gasteiger partial charge in [0.1, 0.15) is 0 Å². The van der Waals surface area contributed by atoms with E-state index in [4.69, 9.17) is 4.74 Å². The van der Waals surface area contributed by atoms with Crippen molar-refractivity contribution in [3.05, 3.63) is 11.6 Å². The maximum Gasteiger partial charge on any atom is 0.0930 e. The summed E-state index contributed by atoms with van der Waals surface area (Å²) in [6.45, 7) is 6.95. The molecule has 3 atom stereocenters. The molecular formula is C18H30O. The van der Waals surface area contributed by atoms with E-state index in [1.165, 1.54) is 57.8 Å². The predicted octanol–water partition coefficient (Wildman–Crippen LogP) is 5.25. The Hall–Kier alpha value is -0.300. The van der Waals surface area contributed by atoms with Crippen molar-refractivity contribution < 1.29 is 4.74 Å². The van der Waals surface area contributed by atoms with Crippen LogP contribution < -0.4 is 0 Å². The van der Waals surface area contributed by atoms with E-state index in [2.05, 4.69) is 26.8 Å². The van der Waals surface area contributed by atoms with Gasteiger partial charge in [-0.05, 0) is 76.2 Å². The fourth-order valence-electron chi connectivity index (χ4n) is 4.89. The second-order valence-corrected chi connectivity index (χ2v) is 7.53. The van der Waals surface area contributed by atoms with Gasteiger partial charge in [-0.25, -0.2) is 0 Å². The molecule has 2 bridgehead atoms. The standard InChI is InChI=1S/C18H30O/c1-4-5-6-8-14-9-7-10-15-11-12-16-13-18(14,15)19-17(16,2)3/h9,15-16H,4-8,10-13H2,1-3H3/t15?,16-,18+/m1/s1. The number of unbranched alkanes of at least 4 members (excludes halogenated alkanes) is 2. The van der Waals surface area contributed by atoms with Gasteiger partial charge in [0, 0.05) is 0 Å². The largest absolute Gasteiger partial charge is 0.364 e. The highest BCUT2D eigenvalue weighted by atomic mass is 16.5. The van der Waals surface area contributed by atoms with Gasteiger partial charge in [0.15, 0.2) is 0 Å². The van der Waals surface area contributed by atoms with Crippen molar-refractivity contribution in [1.82, 2.24) is 0 Å². The molecule has 1 spiro atoms. The van der Waals surface area contributed by atoms with E-state index in [9.17, 15) is 0 Å². The first-order valence-corrected chi connectivity index (χ1v) is 8.48. The van der Waals surface area contributed by atoms with Crippen molar-refractivity contribution in [2.45, 2.75) is 89.8 Å². The summed E-state index contributed by atoms with van der Waals surface area (Å²) in [5.41, 5.74) is 1.93. The summed E-state index contributed by atoms with van der Waals surface area (Å²) in [6, 6.07) is 0. The van der Waals surface area contributed by atoms with Gasteiger partial charge in [-0.3, -0.25) is 0 Å². The molecule has 1 saturated carbocycles. The first kappa shape index (κ1) is 13.7. The summed E-state index contributed by atoms with van der Waals surface area (Å²) in [6.07, 6.45) is 14.6. The number of allylic oxidation sites excluding steroid dienone is 1. The van der Waals surface area contributed by atoms with E-state index < -0.39 is 0 Å². The molecule has 3 rings (SSSR count). The molecule has 2 fully saturated rings. The van der Waals surface area contributed by atoms with Crippen LogP contribution in [0.25, 0.3) is 0 Å². The quantitative estimate of drug-likeness (QED) is 0.496. The van der Waals surface area contributed by atoms with Gasteiger partial charge in [0.05, 0.1) is 11.2 Å². The lowest BCUT2D eigenvalue weighted by Gasteiger charge is -2.44. The Morgan fingerprint density at radius 2 is 1.95 bits per heavy atom. The fourth-order valence-corrected chi connectivity index (χ4v) is 4.89. The molecule has 1 aliphatic heterocycles. The molecule has 108 valence electrons. The van der Waals surface area contributed by atoms with Crippen LogP contribution in [0.1, 0.15) is 78.6 Å². The van der Waals surface area contributed by atoms with Crippen molar-refractivity contribution in [3.63, 3.8) is 0 Å². The Balaban J connectivity index is 1.83. The molecule has 1 saturated heterocycles. The predicted molar refractivity (Wildman–Crippen MR) is 80.2 cm³/mol. The van der Waals surface area contributed by atoms with Crippen LogP contribution in [0.4, 0.5) is 0 Å². The molecule has 1 nitrogen and oxygen atoms in total. The lowest BCUT2D eigenvalue weighted by molar-refractivity contribution is -0.0978. The normalized spacial score (nSPS) is 39.8. The van der Waals surface area contributed by atoms with Crippen LogP contribution in [0.3, 0.4) is 0 Å². The first-order valence-electron chi connectivity index (χ1n) is 8.48. The molecule has 1 heteroatoms. The van der Waals surface area contributed by atoms with Crippen molar-refractivity contribution in [2.75, 3.05) is 0 Å². The average Bonchev–Trinajstić information content (AvgIpc) is 2.58. The fraction of sp³-hybridized carbons (Fsp3) is 0.889. The smallest absolute Gasteiger partial charge is 0.0930 e. The minimum atomic E-state index is 0.107. The molecule has 19 heavy (non-hydrogen) atoms. The molecule has 0 aromatic carbocycles. The van der Waals surface area contributed by atoms with Crippen LogP contribution in [-0.2, 0) is 4.74 Å². The van der Waals surface area contributed by atoms with E-state index in [0.717, 1.165) is 11.8 Å². The Morgan fingerprint density at radius 1 is 1.16 bits per heavy atom. The Kier molecular flexibility index (Phi) is 3.53. The molecule has 2 aliphatic carbocycles. The zero-order valence-electron chi connectivity index (χ0n) is 13.0. The lowest BCUT2D eigenvalue weighted by Crippen LogP contribution is -2.44. The van der Waals surface area contributed by atoms with Gasteiger partial charge in [0.25, 0.3) is 0 Å². The van der Waals surface area contributed by atoms with Gasteiger partial charge >= 0.3 is 0 Å². The van der Waals surface area contributed by atoms with Crippen LogP contribution in [0.15, 0.2) is 11.6 Å². The van der Waals surface area contributed by atoms with Crippen molar-refractivity contribution >= 4 is 0 Å². The summed E-state index contributed by atoms with van der Waals surface area (Å²) >= 11 is 0. The van der Waals surface area contributed by atoms with E-state index in [1.807, 2.05) is 0 Å². The summed E-state index contributed by atoms with van der Waals surface area (Å²) in [5.74, 6) is 1.60. The summed E-state index contributed by atoms with van der Waals surface area (Å²) in [5, 5.41) is 0. The van der Waals surface area contributed by atoms with Crippen LogP contribution >= 0.6 is 0 Å². The van der Waals surface area contributed by atoms with Crippen LogP contribution in [-0.4, -0.2) is 11.2 Å². The van der Waals surface area contributed by atoms with Crippen molar-refractivity contribution in [3.8, 4) is 0 Å².